The quantitative estimate of drug-likeness (QED) is 0.777. The summed E-state index contributed by atoms with van der Waals surface area (Å²) in [6.45, 7) is 2.62. The first-order valence-corrected chi connectivity index (χ1v) is 5.91. The average molecular weight is 231 g/mol. The summed E-state index contributed by atoms with van der Waals surface area (Å²) in [6.07, 6.45) is 2.23. The summed E-state index contributed by atoms with van der Waals surface area (Å²) in [4.78, 5) is 0. The first-order chi connectivity index (χ1) is 8.31. The van der Waals surface area contributed by atoms with E-state index >= 15 is 0 Å². The lowest BCUT2D eigenvalue weighted by atomic mass is 10.1. The second-order valence-corrected chi connectivity index (χ2v) is 4.32. The predicted octanol–water partition coefficient (Wildman–Crippen LogP) is 1.98. The van der Waals surface area contributed by atoms with Crippen molar-refractivity contribution in [2.24, 2.45) is 5.92 Å². The molecule has 0 spiro atoms. The SMILES string of the molecule is N#Cc1cccc(NCCC2CCOC2)c1N. The average Bonchev–Trinajstić information content (AvgIpc) is 2.84. The molecule has 1 atom stereocenters. The van der Waals surface area contributed by atoms with Crippen LogP contribution < -0.4 is 11.1 Å². The lowest BCUT2D eigenvalue weighted by Gasteiger charge is -2.12. The molecule has 1 aromatic rings. The number of nitrogens with zero attached hydrogens (tertiary/aromatic N) is 1. The largest absolute Gasteiger partial charge is 0.396 e. The molecule has 1 fully saturated rings. The topological polar surface area (TPSA) is 71.1 Å². The molecule has 3 N–H and O–H groups in total. The van der Waals surface area contributed by atoms with Crippen molar-refractivity contribution in [2.45, 2.75) is 12.8 Å². The van der Waals surface area contributed by atoms with Crippen molar-refractivity contribution in [1.82, 2.24) is 0 Å². The molecule has 1 unspecified atom stereocenters. The van der Waals surface area contributed by atoms with Crippen LogP contribution in [0.4, 0.5) is 11.4 Å². The fraction of sp³-hybridized carbons (Fsp3) is 0.462. The smallest absolute Gasteiger partial charge is 0.101 e. The van der Waals surface area contributed by atoms with E-state index in [0.29, 0.717) is 17.2 Å². The first kappa shape index (κ1) is 11.7. The molecular formula is C13H17N3O. The second-order valence-electron chi connectivity index (χ2n) is 4.32. The van der Waals surface area contributed by atoms with Crippen LogP contribution in [-0.2, 0) is 4.74 Å². The second kappa shape index (κ2) is 5.55. The maximum absolute atomic E-state index is 8.87. The van der Waals surface area contributed by atoms with Crippen molar-refractivity contribution < 1.29 is 4.74 Å². The highest BCUT2D eigenvalue weighted by atomic mass is 16.5. The van der Waals surface area contributed by atoms with Crippen molar-refractivity contribution in [2.75, 3.05) is 30.8 Å². The third-order valence-corrected chi connectivity index (χ3v) is 3.12. The molecule has 17 heavy (non-hydrogen) atoms. The van der Waals surface area contributed by atoms with Gasteiger partial charge in [-0.1, -0.05) is 6.07 Å². The Hall–Kier alpha value is -1.73. The van der Waals surface area contributed by atoms with Gasteiger partial charge in [0, 0.05) is 19.8 Å². The van der Waals surface area contributed by atoms with Crippen LogP contribution in [0.25, 0.3) is 0 Å². The molecule has 0 aliphatic carbocycles. The zero-order valence-electron chi connectivity index (χ0n) is 9.78. The van der Waals surface area contributed by atoms with E-state index in [0.717, 1.165) is 38.3 Å². The van der Waals surface area contributed by atoms with E-state index in [9.17, 15) is 0 Å². The predicted molar refractivity (Wildman–Crippen MR) is 67.6 cm³/mol. The normalized spacial score (nSPS) is 18.9. The molecule has 0 bridgehead atoms. The monoisotopic (exact) mass is 231 g/mol. The Balaban J connectivity index is 1.88. The summed E-state index contributed by atoms with van der Waals surface area (Å²) >= 11 is 0. The Morgan fingerprint density at radius 3 is 3.12 bits per heavy atom. The molecular weight excluding hydrogens is 214 g/mol. The molecule has 4 heteroatoms. The van der Waals surface area contributed by atoms with Gasteiger partial charge in [-0.2, -0.15) is 5.26 Å². The molecule has 1 aliphatic rings. The van der Waals surface area contributed by atoms with Crippen molar-refractivity contribution in [1.29, 1.82) is 5.26 Å². The van der Waals surface area contributed by atoms with Gasteiger partial charge in [0.2, 0.25) is 0 Å². The zero-order valence-corrected chi connectivity index (χ0v) is 9.78. The van der Waals surface area contributed by atoms with Crippen LogP contribution in [-0.4, -0.2) is 19.8 Å². The molecule has 0 saturated carbocycles. The van der Waals surface area contributed by atoms with Gasteiger partial charge in [0.05, 0.1) is 16.9 Å². The first-order valence-electron chi connectivity index (χ1n) is 5.91. The van der Waals surface area contributed by atoms with E-state index in [-0.39, 0.29) is 0 Å². The van der Waals surface area contributed by atoms with Gasteiger partial charge >= 0.3 is 0 Å². The highest BCUT2D eigenvalue weighted by molar-refractivity contribution is 5.72. The fourth-order valence-electron chi connectivity index (χ4n) is 2.04. The number of nitriles is 1. The molecule has 0 radical (unpaired) electrons. The van der Waals surface area contributed by atoms with Gasteiger partial charge in [-0.3, -0.25) is 0 Å². The van der Waals surface area contributed by atoms with Crippen LogP contribution in [0.3, 0.4) is 0 Å². The minimum absolute atomic E-state index is 0.527. The molecule has 4 nitrogen and oxygen atoms in total. The van der Waals surface area contributed by atoms with Crippen LogP contribution in [0.5, 0.6) is 0 Å². The lowest BCUT2D eigenvalue weighted by molar-refractivity contribution is 0.185. The van der Waals surface area contributed by atoms with Crippen LogP contribution in [0, 0.1) is 17.2 Å². The lowest BCUT2D eigenvalue weighted by Crippen LogP contribution is -2.10. The van der Waals surface area contributed by atoms with Crippen molar-refractivity contribution >= 4 is 11.4 Å². The Morgan fingerprint density at radius 1 is 1.53 bits per heavy atom. The number of nitrogens with two attached hydrogens (primary N) is 1. The molecule has 1 aliphatic heterocycles. The van der Waals surface area contributed by atoms with Crippen molar-refractivity contribution in [3.8, 4) is 6.07 Å². The summed E-state index contributed by atoms with van der Waals surface area (Å²) in [7, 11) is 0. The van der Waals surface area contributed by atoms with Crippen LogP contribution in [0.15, 0.2) is 18.2 Å². The Kier molecular flexibility index (Phi) is 3.84. The number of nitrogen functional groups attached to an aromatic ring is 1. The summed E-state index contributed by atoms with van der Waals surface area (Å²) in [6, 6.07) is 7.56. The van der Waals surface area contributed by atoms with E-state index in [1.807, 2.05) is 12.1 Å². The number of hydrogen-bond donors (Lipinski definition) is 2. The molecule has 1 aromatic carbocycles. The van der Waals surface area contributed by atoms with Crippen molar-refractivity contribution in [3.05, 3.63) is 23.8 Å². The number of benzene rings is 1. The van der Waals surface area contributed by atoms with E-state index in [1.54, 1.807) is 6.07 Å². The summed E-state index contributed by atoms with van der Waals surface area (Å²) in [5, 5.41) is 12.1. The summed E-state index contributed by atoms with van der Waals surface area (Å²) in [5.41, 5.74) is 7.79. The number of hydrogen-bond acceptors (Lipinski definition) is 4. The minimum Gasteiger partial charge on any atom is -0.396 e. The number of para-hydroxylation sites is 1. The van der Waals surface area contributed by atoms with E-state index in [4.69, 9.17) is 15.7 Å². The maximum atomic E-state index is 8.87. The van der Waals surface area contributed by atoms with Crippen LogP contribution in [0.2, 0.25) is 0 Å². The Labute approximate surface area is 101 Å². The third kappa shape index (κ3) is 2.89. The number of rotatable bonds is 4. The Bertz CT molecular complexity index is 419. The molecule has 90 valence electrons. The summed E-state index contributed by atoms with van der Waals surface area (Å²) < 4.78 is 5.32. The van der Waals surface area contributed by atoms with E-state index < -0.39 is 0 Å². The van der Waals surface area contributed by atoms with E-state index in [1.165, 1.54) is 0 Å². The summed E-state index contributed by atoms with van der Waals surface area (Å²) in [5.74, 6) is 0.655. The number of anilines is 2. The van der Waals surface area contributed by atoms with Gasteiger partial charge in [-0.25, -0.2) is 0 Å². The van der Waals surface area contributed by atoms with Gasteiger partial charge in [0.25, 0.3) is 0 Å². The highest BCUT2D eigenvalue weighted by Crippen LogP contribution is 2.23. The number of ether oxygens (including phenoxy) is 1. The van der Waals surface area contributed by atoms with Gasteiger partial charge in [0.15, 0.2) is 0 Å². The molecule has 0 aromatic heterocycles. The van der Waals surface area contributed by atoms with E-state index in [2.05, 4.69) is 11.4 Å². The van der Waals surface area contributed by atoms with Gasteiger partial charge in [0.1, 0.15) is 6.07 Å². The Morgan fingerprint density at radius 2 is 2.41 bits per heavy atom. The number of nitrogens with one attached hydrogen (secondary N) is 1. The van der Waals surface area contributed by atoms with Gasteiger partial charge < -0.3 is 15.8 Å². The van der Waals surface area contributed by atoms with Crippen LogP contribution in [0.1, 0.15) is 18.4 Å². The molecule has 2 rings (SSSR count). The minimum atomic E-state index is 0.527. The third-order valence-electron chi connectivity index (χ3n) is 3.12. The molecule has 1 heterocycles. The van der Waals surface area contributed by atoms with Crippen LogP contribution >= 0.6 is 0 Å². The molecule has 1 saturated heterocycles. The van der Waals surface area contributed by atoms with Crippen molar-refractivity contribution in [3.63, 3.8) is 0 Å². The molecule has 0 amide bonds. The zero-order chi connectivity index (χ0) is 12.1. The van der Waals surface area contributed by atoms with Gasteiger partial charge in [-0.15, -0.1) is 0 Å². The maximum Gasteiger partial charge on any atom is 0.101 e. The van der Waals surface area contributed by atoms with Gasteiger partial charge in [-0.05, 0) is 30.9 Å². The highest BCUT2D eigenvalue weighted by Gasteiger charge is 2.14. The standard InChI is InChI=1S/C13H17N3O/c14-8-11-2-1-3-12(13(11)15)16-6-4-10-5-7-17-9-10/h1-3,10,16H,4-7,9,15H2. The fourth-order valence-corrected chi connectivity index (χ4v) is 2.04.